The second-order valence-corrected chi connectivity index (χ2v) is 6.36. The average Bonchev–Trinajstić information content (AvgIpc) is 2.71. The third-order valence-electron chi connectivity index (χ3n) is 5.57. The van der Waals surface area contributed by atoms with Gasteiger partial charge in [0.15, 0.2) is 0 Å². The summed E-state index contributed by atoms with van der Waals surface area (Å²) in [6, 6.07) is 0. The first-order valence-electron chi connectivity index (χ1n) is 6.77. The van der Waals surface area contributed by atoms with Crippen LogP contribution in [-0.4, -0.2) is 23.8 Å². The minimum Gasteiger partial charge on any atom is -0.458 e. The van der Waals surface area contributed by atoms with E-state index < -0.39 is 0 Å². The predicted molar refractivity (Wildman–Crippen MR) is 65.8 cm³/mol. The van der Waals surface area contributed by atoms with Gasteiger partial charge < -0.3 is 9.47 Å². The van der Waals surface area contributed by atoms with Crippen LogP contribution in [0.25, 0.3) is 0 Å². The molecule has 3 nitrogen and oxygen atoms in total. The maximum atomic E-state index is 11.8. The van der Waals surface area contributed by atoms with Crippen LogP contribution in [0.15, 0.2) is 24.3 Å². The smallest absolute Gasteiger partial charge is 0.334 e. The van der Waals surface area contributed by atoms with Gasteiger partial charge >= 0.3 is 5.97 Å². The van der Waals surface area contributed by atoms with E-state index in [9.17, 15) is 4.79 Å². The van der Waals surface area contributed by atoms with Crippen LogP contribution in [0.4, 0.5) is 0 Å². The van der Waals surface area contributed by atoms with E-state index in [2.05, 4.69) is 20.1 Å². The summed E-state index contributed by atoms with van der Waals surface area (Å²) < 4.78 is 11.6. The summed E-state index contributed by atoms with van der Waals surface area (Å²) in [5, 5.41) is 0. The van der Waals surface area contributed by atoms with Crippen molar-refractivity contribution in [3.63, 3.8) is 0 Å². The van der Waals surface area contributed by atoms with Crippen molar-refractivity contribution in [2.75, 3.05) is 0 Å². The van der Waals surface area contributed by atoms with Gasteiger partial charge in [0.25, 0.3) is 0 Å². The Hall–Kier alpha value is -1.09. The zero-order valence-corrected chi connectivity index (χ0v) is 10.6. The molecule has 0 bridgehead atoms. The highest BCUT2D eigenvalue weighted by Crippen LogP contribution is 2.61. The Balaban J connectivity index is 1.79. The lowest BCUT2D eigenvalue weighted by Crippen LogP contribution is -2.33. The molecule has 2 saturated heterocycles. The lowest BCUT2D eigenvalue weighted by atomic mass is 9.79. The zero-order chi connectivity index (χ0) is 12.7. The van der Waals surface area contributed by atoms with E-state index in [4.69, 9.17) is 9.47 Å². The number of fused-ring (bicyclic) bond motifs is 5. The first-order chi connectivity index (χ1) is 8.52. The van der Waals surface area contributed by atoms with Gasteiger partial charge in [-0.05, 0) is 26.2 Å². The minimum atomic E-state index is -0.215. The van der Waals surface area contributed by atoms with Crippen LogP contribution in [0.5, 0.6) is 0 Å². The lowest BCUT2D eigenvalue weighted by Gasteiger charge is -2.28. The third kappa shape index (κ3) is 1.11. The fourth-order valence-electron chi connectivity index (χ4n) is 4.42. The molecule has 2 saturated carbocycles. The highest BCUT2D eigenvalue weighted by molar-refractivity contribution is 5.91. The highest BCUT2D eigenvalue weighted by atomic mass is 16.6. The van der Waals surface area contributed by atoms with Crippen molar-refractivity contribution in [3.05, 3.63) is 24.3 Å². The number of carbonyl (C=O) groups excluding carboxylic acids is 1. The molecule has 0 aromatic rings. The van der Waals surface area contributed by atoms with Crippen LogP contribution in [0.2, 0.25) is 0 Å². The van der Waals surface area contributed by atoms with Crippen molar-refractivity contribution >= 4 is 5.97 Å². The molecule has 0 N–H and O–H groups in total. The molecule has 6 atom stereocenters. The highest BCUT2D eigenvalue weighted by Gasteiger charge is 2.67. The third-order valence-corrected chi connectivity index (χ3v) is 5.57. The molecule has 18 heavy (non-hydrogen) atoms. The quantitative estimate of drug-likeness (QED) is 0.285. The van der Waals surface area contributed by atoms with Crippen LogP contribution in [-0.2, 0) is 14.3 Å². The average molecular weight is 246 g/mol. The van der Waals surface area contributed by atoms with E-state index >= 15 is 0 Å². The number of rotatable bonds is 0. The molecule has 0 spiro atoms. The van der Waals surface area contributed by atoms with Crippen molar-refractivity contribution in [3.8, 4) is 0 Å². The summed E-state index contributed by atoms with van der Waals surface area (Å²) >= 11 is 0. The molecule has 1 unspecified atom stereocenters. The summed E-state index contributed by atoms with van der Waals surface area (Å²) in [5.41, 5.74) is 1.86. The molecule has 0 radical (unpaired) electrons. The van der Waals surface area contributed by atoms with Crippen molar-refractivity contribution in [2.24, 2.45) is 17.8 Å². The Labute approximate surface area is 107 Å². The first kappa shape index (κ1) is 10.8. The van der Waals surface area contributed by atoms with Crippen LogP contribution in [0.3, 0.4) is 0 Å². The van der Waals surface area contributed by atoms with Gasteiger partial charge in [0.2, 0.25) is 0 Å². The molecule has 2 aliphatic carbocycles. The van der Waals surface area contributed by atoms with Gasteiger partial charge in [-0.2, -0.15) is 0 Å². The number of ether oxygens (including phenoxy) is 2. The summed E-state index contributed by atoms with van der Waals surface area (Å²) in [6.45, 7) is 10.3. The largest absolute Gasteiger partial charge is 0.458 e. The maximum absolute atomic E-state index is 11.8. The van der Waals surface area contributed by atoms with Gasteiger partial charge in [-0.25, -0.2) is 4.79 Å². The summed E-state index contributed by atoms with van der Waals surface area (Å²) in [4.78, 5) is 11.8. The van der Waals surface area contributed by atoms with Gasteiger partial charge in [0.1, 0.15) is 6.10 Å². The summed E-state index contributed by atoms with van der Waals surface area (Å²) in [5.74, 6) is 0.654. The molecule has 0 aromatic carbocycles. The van der Waals surface area contributed by atoms with Crippen molar-refractivity contribution in [1.82, 2.24) is 0 Å². The van der Waals surface area contributed by atoms with Gasteiger partial charge in [0.05, 0.1) is 11.7 Å². The molecule has 2 aliphatic heterocycles. The molecular formula is C15H18O3. The normalized spacial score (nSPS) is 53.4. The minimum absolute atomic E-state index is 0.0128. The number of hydrogen-bond donors (Lipinski definition) is 0. The van der Waals surface area contributed by atoms with Gasteiger partial charge in [-0.1, -0.05) is 18.7 Å². The molecule has 3 heteroatoms. The molecule has 4 rings (SSSR count). The van der Waals surface area contributed by atoms with Crippen LogP contribution in [0.1, 0.15) is 26.2 Å². The number of epoxide rings is 1. The topological polar surface area (TPSA) is 38.8 Å². The molecule has 4 aliphatic rings. The van der Waals surface area contributed by atoms with Gasteiger partial charge in [-0.15, -0.1) is 0 Å². The Morgan fingerprint density at radius 2 is 2.17 bits per heavy atom. The van der Waals surface area contributed by atoms with Crippen LogP contribution < -0.4 is 0 Å². The number of hydrogen-bond acceptors (Lipinski definition) is 3. The van der Waals surface area contributed by atoms with E-state index in [0.717, 1.165) is 19.3 Å². The van der Waals surface area contributed by atoms with Crippen LogP contribution in [0, 0.1) is 17.8 Å². The molecule has 0 amide bonds. The summed E-state index contributed by atoms with van der Waals surface area (Å²) in [7, 11) is 0. The van der Waals surface area contributed by atoms with Crippen molar-refractivity contribution < 1.29 is 14.3 Å². The lowest BCUT2D eigenvalue weighted by molar-refractivity contribution is -0.141. The standard InChI is InChI=1S/C15H18O3/c1-7-4-5-10-12(7)13-9(8(2)14(16)17-13)6-11-15(10,3)18-11/h9-13H,1-2,4-6H2,3H3/t9-,10+,11?,12-,13-,15-/m0/s1. The number of carbonyl (C=O) groups is 1. The van der Waals surface area contributed by atoms with Crippen molar-refractivity contribution in [2.45, 2.75) is 44.0 Å². The number of esters is 1. The Morgan fingerprint density at radius 1 is 1.39 bits per heavy atom. The molecule has 0 aromatic heterocycles. The first-order valence-corrected chi connectivity index (χ1v) is 6.77. The molecule has 4 fully saturated rings. The van der Waals surface area contributed by atoms with Crippen molar-refractivity contribution in [1.29, 1.82) is 0 Å². The van der Waals surface area contributed by atoms with Crippen LogP contribution >= 0.6 is 0 Å². The molecule has 2 heterocycles. The fourth-order valence-corrected chi connectivity index (χ4v) is 4.42. The Bertz CT molecular complexity index is 480. The van der Waals surface area contributed by atoms with E-state index in [0.29, 0.717) is 11.5 Å². The molecular weight excluding hydrogens is 228 g/mol. The monoisotopic (exact) mass is 246 g/mol. The van der Waals surface area contributed by atoms with Gasteiger partial charge in [0, 0.05) is 23.3 Å². The second-order valence-electron chi connectivity index (χ2n) is 6.36. The Kier molecular flexibility index (Phi) is 1.85. The fraction of sp³-hybridized carbons (Fsp3) is 0.667. The predicted octanol–water partition coefficient (Wildman–Crippen LogP) is 2.23. The Morgan fingerprint density at radius 3 is 2.94 bits per heavy atom. The van der Waals surface area contributed by atoms with E-state index in [-0.39, 0.29) is 35.6 Å². The summed E-state index contributed by atoms with van der Waals surface area (Å²) in [6.07, 6.45) is 3.28. The zero-order valence-electron chi connectivity index (χ0n) is 10.6. The van der Waals surface area contributed by atoms with Gasteiger partial charge in [-0.3, -0.25) is 0 Å². The van der Waals surface area contributed by atoms with E-state index in [1.165, 1.54) is 5.57 Å². The van der Waals surface area contributed by atoms with E-state index in [1.807, 2.05) is 0 Å². The SMILES string of the molecule is C=C1CC[C@@H]2[C@H]1[C@H]1OC(=O)C(=C)[C@@H]1CC1O[C@]12C. The molecule has 96 valence electrons. The maximum Gasteiger partial charge on any atom is 0.334 e. The van der Waals surface area contributed by atoms with E-state index in [1.54, 1.807) is 0 Å². The second kappa shape index (κ2) is 3.08.